The lowest BCUT2D eigenvalue weighted by molar-refractivity contribution is -0.150. The molecular formula is C30H50O. The van der Waals surface area contributed by atoms with Gasteiger partial charge in [-0.2, -0.15) is 0 Å². The molecule has 0 saturated heterocycles. The van der Waals surface area contributed by atoms with Crippen molar-refractivity contribution in [2.24, 2.45) is 64.1 Å². The molecular weight excluding hydrogens is 376 g/mol. The second kappa shape index (κ2) is 8.64. The number of fused-ring (bicyclic) bond motifs is 5. The molecule has 1 unspecified atom stereocenters. The van der Waals surface area contributed by atoms with Crippen LogP contribution in [0.15, 0.2) is 12.2 Å². The summed E-state index contributed by atoms with van der Waals surface area (Å²) in [4.78, 5) is 12.5. The van der Waals surface area contributed by atoms with E-state index in [0.29, 0.717) is 34.4 Å². The van der Waals surface area contributed by atoms with E-state index in [9.17, 15) is 4.79 Å². The van der Waals surface area contributed by atoms with E-state index in [1.165, 1.54) is 51.4 Å². The molecule has 4 aliphatic rings. The van der Waals surface area contributed by atoms with Crippen LogP contribution >= 0.6 is 0 Å². The monoisotopic (exact) mass is 426 g/mol. The van der Waals surface area contributed by atoms with Crippen LogP contribution in [0.2, 0.25) is 0 Å². The van der Waals surface area contributed by atoms with Gasteiger partial charge in [0.25, 0.3) is 0 Å². The van der Waals surface area contributed by atoms with Gasteiger partial charge >= 0.3 is 0 Å². The molecule has 176 valence electrons. The van der Waals surface area contributed by atoms with Crippen molar-refractivity contribution in [1.82, 2.24) is 0 Å². The smallest absolute Gasteiger partial charge is 0.136 e. The second-order valence-electron chi connectivity index (χ2n) is 13.1. The number of carbonyl (C=O) groups excluding carboxylic acids is 1. The van der Waals surface area contributed by atoms with Gasteiger partial charge in [0.1, 0.15) is 5.78 Å². The SMILES string of the molecule is CC[C@@H](/C=C/[C@@H](C)[C@H]1CC[C@H]2[C@@H]3CCC4[C@H](C)C(=O)CC[C@]4(C)[C@H]3CC[C@]12C)C(C)C. The molecule has 0 bridgehead atoms. The third-order valence-corrected chi connectivity index (χ3v) is 11.7. The van der Waals surface area contributed by atoms with Crippen molar-refractivity contribution in [3.05, 3.63) is 12.2 Å². The first kappa shape index (κ1) is 23.6. The molecule has 1 nitrogen and oxygen atoms in total. The number of rotatable bonds is 5. The van der Waals surface area contributed by atoms with Crippen molar-refractivity contribution in [3.8, 4) is 0 Å². The summed E-state index contributed by atoms with van der Waals surface area (Å²) in [6.07, 6.45) is 16.9. The molecule has 4 saturated carbocycles. The van der Waals surface area contributed by atoms with Gasteiger partial charge in [0.15, 0.2) is 0 Å². The van der Waals surface area contributed by atoms with Crippen LogP contribution in [-0.2, 0) is 4.79 Å². The fraction of sp³-hybridized carbons (Fsp3) is 0.900. The molecule has 4 rings (SSSR count). The van der Waals surface area contributed by atoms with Crippen LogP contribution < -0.4 is 0 Å². The molecule has 0 aromatic carbocycles. The lowest BCUT2D eigenvalue weighted by Crippen LogP contribution is -2.55. The van der Waals surface area contributed by atoms with Crippen LogP contribution in [0.4, 0.5) is 0 Å². The molecule has 31 heavy (non-hydrogen) atoms. The Kier molecular flexibility index (Phi) is 6.57. The molecule has 0 heterocycles. The summed E-state index contributed by atoms with van der Waals surface area (Å²) < 4.78 is 0. The number of allylic oxidation sites excluding steroid dienone is 2. The molecule has 0 N–H and O–H groups in total. The van der Waals surface area contributed by atoms with Crippen LogP contribution in [0.5, 0.6) is 0 Å². The van der Waals surface area contributed by atoms with Crippen LogP contribution in [-0.4, -0.2) is 5.78 Å². The Morgan fingerprint density at radius 3 is 2.26 bits per heavy atom. The molecule has 4 fully saturated rings. The Balaban J connectivity index is 1.51. The van der Waals surface area contributed by atoms with Gasteiger partial charge in [-0.1, -0.05) is 60.6 Å². The largest absolute Gasteiger partial charge is 0.299 e. The number of carbonyl (C=O) groups is 1. The molecule has 0 aliphatic heterocycles. The Bertz CT molecular complexity index is 691. The van der Waals surface area contributed by atoms with Gasteiger partial charge in [0.05, 0.1) is 0 Å². The summed E-state index contributed by atoms with van der Waals surface area (Å²) in [6.45, 7) is 17.1. The maximum absolute atomic E-state index is 12.5. The minimum Gasteiger partial charge on any atom is -0.299 e. The molecule has 10 atom stereocenters. The topological polar surface area (TPSA) is 17.1 Å². The standard InChI is InChI=1S/C30H50O/c1-8-22(19(2)3)10-9-20(4)24-13-14-26-23-11-12-25-21(5)28(31)16-18-30(25,7)27(23)15-17-29(24,26)6/h9-10,19-27H,8,11-18H2,1-7H3/b10-9+/t20-,21+,22+,23+,24-,25?,26+,27+,29-,30+/m1/s1. The highest BCUT2D eigenvalue weighted by Gasteiger charge is 2.61. The van der Waals surface area contributed by atoms with E-state index < -0.39 is 0 Å². The van der Waals surface area contributed by atoms with Crippen molar-refractivity contribution in [2.75, 3.05) is 0 Å². The second-order valence-corrected chi connectivity index (χ2v) is 13.1. The Hall–Kier alpha value is -0.590. The van der Waals surface area contributed by atoms with Crippen molar-refractivity contribution in [2.45, 2.75) is 106 Å². The third kappa shape index (κ3) is 3.78. The van der Waals surface area contributed by atoms with Gasteiger partial charge in [-0.25, -0.2) is 0 Å². The summed E-state index contributed by atoms with van der Waals surface area (Å²) in [6, 6.07) is 0. The van der Waals surface area contributed by atoms with Gasteiger partial charge in [0.2, 0.25) is 0 Å². The van der Waals surface area contributed by atoms with Crippen molar-refractivity contribution in [3.63, 3.8) is 0 Å². The van der Waals surface area contributed by atoms with Crippen molar-refractivity contribution < 1.29 is 4.79 Å². The van der Waals surface area contributed by atoms with E-state index in [0.717, 1.165) is 41.9 Å². The van der Waals surface area contributed by atoms with Gasteiger partial charge in [-0.3, -0.25) is 4.79 Å². The first-order valence-electron chi connectivity index (χ1n) is 13.8. The van der Waals surface area contributed by atoms with E-state index in [1.807, 2.05) is 0 Å². The fourth-order valence-corrected chi connectivity index (χ4v) is 9.71. The summed E-state index contributed by atoms with van der Waals surface area (Å²) in [5, 5.41) is 0. The highest BCUT2D eigenvalue weighted by atomic mass is 16.1. The van der Waals surface area contributed by atoms with Gasteiger partial charge in [-0.05, 0) is 110 Å². The summed E-state index contributed by atoms with van der Waals surface area (Å²) in [5.41, 5.74) is 0.955. The Morgan fingerprint density at radius 2 is 1.58 bits per heavy atom. The predicted molar refractivity (Wildman–Crippen MR) is 132 cm³/mol. The molecule has 0 amide bonds. The maximum Gasteiger partial charge on any atom is 0.136 e. The van der Waals surface area contributed by atoms with Gasteiger partial charge in [0, 0.05) is 12.3 Å². The molecule has 4 aliphatic carbocycles. The first-order chi connectivity index (χ1) is 14.6. The van der Waals surface area contributed by atoms with Gasteiger partial charge < -0.3 is 0 Å². The van der Waals surface area contributed by atoms with E-state index in [2.05, 4.69) is 60.6 Å². The molecule has 0 radical (unpaired) electrons. The summed E-state index contributed by atoms with van der Waals surface area (Å²) >= 11 is 0. The zero-order valence-corrected chi connectivity index (χ0v) is 21.6. The zero-order chi connectivity index (χ0) is 22.6. The molecule has 0 aromatic heterocycles. The predicted octanol–water partition coefficient (Wildman–Crippen LogP) is 8.33. The van der Waals surface area contributed by atoms with Crippen LogP contribution in [0.1, 0.15) is 106 Å². The number of ketones is 1. The summed E-state index contributed by atoms with van der Waals surface area (Å²) in [7, 11) is 0. The van der Waals surface area contributed by atoms with Gasteiger partial charge in [-0.15, -0.1) is 0 Å². The maximum atomic E-state index is 12.5. The van der Waals surface area contributed by atoms with Crippen molar-refractivity contribution >= 4 is 5.78 Å². The normalized spacial score (nSPS) is 47.2. The molecule has 1 heteroatoms. The molecule has 0 spiro atoms. The van der Waals surface area contributed by atoms with Crippen LogP contribution in [0, 0.1) is 64.1 Å². The molecule has 0 aromatic rings. The lowest BCUT2D eigenvalue weighted by Gasteiger charge is -2.61. The Labute approximate surface area is 193 Å². The highest BCUT2D eigenvalue weighted by Crippen LogP contribution is 2.68. The minimum atomic E-state index is 0.307. The first-order valence-corrected chi connectivity index (χ1v) is 13.8. The third-order valence-electron chi connectivity index (χ3n) is 11.7. The average molecular weight is 427 g/mol. The average Bonchev–Trinajstić information content (AvgIpc) is 3.08. The van der Waals surface area contributed by atoms with E-state index in [4.69, 9.17) is 0 Å². The van der Waals surface area contributed by atoms with E-state index >= 15 is 0 Å². The lowest BCUT2D eigenvalue weighted by atomic mass is 9.43. The minimum absolute atomic E-state index is 0.307. The van der Waals surface area contributed by atoms with E-state index in [-0.39, 0.29) is 0 Å². The van der Waals surface area contributed by atoms with Crippen LogP contribution in [0.25, 0.3) is 0 Å². The van der Waals surface area contributed by atoms with E-state index in [1.54, 1.807) is 0 Å². The van der Waals surface area contributed by atoms with Crippen molar-refractivity contribution in [1.29, 1.82) is 0 Å². The zero-order valence-electron chi connectivity index (χ0n) is 21.6. The van der Waals surface area contributed by atoms with Crippen LogP contribution in [0.3, 0.4) is 0 Å². The highest BCUT2D eigenvalue weighted by molar-refractivity contribution is 5.82. The summed E-state index contributed by atoms with van der Waals surface area (Å²) in [5.74, 6) is 7.26. The fourth-order valence-electron chi connectivity index (χ4n) is 9.71. The number of Topliss-reactive ketones (excluding diaryl/α,β-unsaturated/α-hetero) is 1. The quantitative estimate of drug-likeness (QED) is 0.404. The Morgan fingerprint density at radius 1 is 0.903 bits per heavy atom. The number of hydrogen-bond donors (Lipinski definition) is 0. The number of hydrogen-bond acceptors (Lipinski definition) is 1.